The number of esters is 1. The van der Waals surface area contributed by atoms with Gasteiger partial charge in [0.2, 0.25) is 0 Å². The number of carbonyl (C=O) groups is 1. The lowest BCUT2D eigenvalue weighted by molar-refractivity contribution is -0.141. The summed E-state index contributed by atoms with van der Waals surface area (Å²) < 4.78 is 4.90. The summed E-state index contributed by atoms with van der Waals surface area (Å²) in [6, 6.07) is 0. The minimum Gasteiger partial charge on any atom is -0.469 e. The van der Waals surface area contributed by atoms with E-state index in [4.69, 9.17) is 4.74 Å². The molecule has 0 amide bonds. The second-order valence-corrected chi connectivity index (χ2v) is 11.9. The molecule has 3 unspecified atom stereocenters. The van der Waals surface area contributed by atoms with E-state index in [0.717, 1.165) is 41.9 Å². The maximum absolute atomic E-state index is 11.7. The van der Waals surface area contributed by atoms with E-state index in [-0.39, 0.29) is 5.97 Å². The topological polar surface area (TPSA) is 26.3 Å². The molecule has 0 bridgehead atoms. The van der Waals surface area contributed by atoms with Crippen molar-refractivity contribution >= 4 is 5.97 Å². The molecular weight excluding hydrogens is 344 g/mol. The Kier molecular flexibility index (Phi) is 5.64. The molecule has 0 aromatic carbocycles. The molecule has 0 N–H and O–H groups in total. The fourth-order valence-electron chi connectivity index (χ4n) is 9.10. The van der Waals surface area contributed by atoms with Crippen molar-refractivity contribution in [3.8, 4) is 0 Å². The van der Waals surface area contributed by atoms with Gasteiger partial charge < -0.3 is 4.74 Å². The summed E-state index contributed by atoms with van der Waals surface area (Å²) >= 11 is 0. The fourth-order valence-corrected chi connectivity index (χ4v) is 9.10. The van der Waals surface area contributed by atoms with Crippen LogP contribution in [0.3, 0.4) is 0 Å². The van der Waals surface area contributed by atoms with Gasteiger partial charge in [-0.15, -0.1) is 0 Å². The quantitative estimate of drug-likeness (QED) is 0.491. The van der Waals surface area contributed by atoms with E-state index in [0.29, 0.717) is 23.2 Å². The Morgan fingerprint density at radius 2 is 1.71 bits per heavy atom. The highest BCUT2D eigenvalue weighted by Gasteiger charge is 2.60. The highest BCUT2D eigenvalue weighted by atomic mass is 16.5. The van der Waals surface area contributed by atoms with Gasteiger partial charge in [0.05, 0.1) is 7.11 Å². The summed E-state index contributed by atoms with van der Waals surface area (Å²) in [6.07, 6.45) is 14.8. The molecule has 0 heterocycles. The van der Waals surface area contributed by atoms with Gasteiger partial charge in [0.25, 0.3) is 0 Å². The molecule has 2 heteroatoms. The van der Waals surface area contributed by atoms with Crippen molar-refractivity contribution in [2.75, 3.05) is 7.11 Å². The largest absolute Gasteiger partial charge is 0.469 e. The van der Waals surface area contributed by atoms with Crippen molar-refractivity contribution in [3.05, 3.63) is 0 Å². The Bertz CT molecular complexity index is 585. The molecule has 0 radical (unpaired) electrons. The van der Waals surface area contributed by atoms with Crippen LogP contribution in [0.4, 0.5) is 0 Å². The number of hydrogen-bond donors (Lipinski definition) is 0. The van der Waals surface area contributed by atoms with Crippen LogP contribution in [0.15, 0.2) is 0 Å². The number of fused-ring (bicyclic) bond motifs is 5. The zero-order valence-electron chi connectivity index (χ0n) is 19.1. The molecule has 0 aliphatic heterocycles. The SMILES string of the molecule is COC(=O)CC[C@@H](C)[C@H]1CCC2C3CC[C@@H]4C[C@@H](C)CC[C@]4(C)C3CC[C@@]21C. The molecule has 4 aliphatic rings. The van der Waals surface area contributed by atoms with Gasteiger partial charge >= 0.3 is 5.97 Å². The van der Waals surface area contributed by atoms with Crippen LogP contribution in [0.2, 0.25) is 0 Å². The second kappa shape index (κ2) is 7.62. The molecule has 0 aromatic rings. The third-order valence-electron chi connectivity index (χ3n) is 10.7. The average Bonchev–Trinajstić information content (AvgIpc) is 3.03. The lowest BCUT2D eigenvalue weighted by Crippen LogP contribution is -2.53. The zero-order valence-corrected chi connectivity index (χ0v) is 19.1. The first-order chi connectivity index (χ1) is 13.3. The highest BCUT2D eigenvalue weighted by Crippen LogP contribution is 2.68. The molecule has 9 atom stereocenters. The standard InChI is InChI=1S/C26H44O2/c1-17-12-14-25(3)19(16-17)7-8-20-22-10-9-21(18(2)6-11-24(27)28-5)26(22,4)15-13-23(20)25/h17-23H,6-16H2,1-5H3/t17-,18+,19+,20?,21+,22?,23?,25-,26+/m0/s1. The van der Waals surface area contributed by atoms with Gasteiger partial charge in [-0.1, -0.05) is 34.1 Å². The van der Waals surface area contributed by atoms with E-state index < -0.39 is 0 Å². The summed E-state index contributed by atoms with van der Waals surface area (Å²) in [7, 11) is 1.52. The smallest absolute Gasteiger partial charge is 0.305 e. The third kappa shape index (κ3) is 3.25. The van der Waals surface area contributed by atoms with Crippen LogP contribution >= 0.6 is 0 Å². The van der Waals surface area contributed by atoms with E-state index in [2.05, 4.69) is 27.7 Å². The van der Waals surface area contributed by atoms with Gasteiger partial charge in [0, 0.05) is 6.42 Å². The molecule has 28 heavy (non-hydrogen) atoms. The zero-order chi connectivity index (χ0) is 20.1. The Hall–Kier alpha value is -0.530. The minimum absolute atomic E-state index is 0.0342. The molecular formula is C26H44O2. The maximum atomic E-state index is 11.7. The van der Waals surface area contributed by atoms with Crippen molar-refractivity contribution in [3.63, 3.8) is 0 Å². The molecule has 0 saturated heterocycles. The maximum Gasteiger partial charge on any atom is 0.305 e. The summed E-state index contributed by atoms with van der Waals surface area (Å²) in [5, 5.41) is 0. The number of carbonyl (C=O) groups excluding carboxylic acids is 1. The van der Waals surface area contributed by atoms with Gasteiger partial charge in [0.15, 0.2) is 0 Å². The summed E-state index contributed by atoms with van der Waals surface area (Å²) in [6.45, 7) is 10.2. The molecule has 2 nitrogen and oxygen atoms in total. The van der Waals surface area contributed by atoms with Crippen molar-refractivity contribution in [1.29, 1.82) is 0 Å². The molecule has 160 valence electrons. The molecule has 4 saturated carbocycles. The molecule has 4 rings (SSSR count). The lowest BCUT2D eigenvalue weighted by atomic mass is 9.44. The molecule has 0 spiro atoms. The van der Waals surface area contributed by atoms with Gasteiger partial charge in [-0.05, 0) is 110 Å². The number of ether oxygens (including phenoxy) is 1. The van der Waals surface area contributed by atoms with E-state index in [1.807, 2.05) is 0 Å². The number of hydrogen-bond acceptors (Lipinski definition) is 2. The second-order valence-electron chi connectivity index (χ2n) is 11.9. The van der Waals surface area contributed by atoms with Crippen LogP contribution in [0.1, 0.15) is 98.3 Å². The first kappa shape index (κ1) is 20.7. The van der Waals surface area contributed by atoms with Gasteiger partial charge in [0.1, 0.15) is 0 Å². The Morgan fingerprint density at radius 3 is 2.46 bits per heavy atom. The summed E-state index contributed by atoms with van der Waals surface area (Å²) in [5.74, 6) is 6.27. The molecule has 4 aliphatic carbocycles. The van der Waals surface area contributed by atoms with E-state index >= 15 is 0 Å². The monoisotopic (exact) mass is 388 g/mol. The van der Waals surface area contributed by atoms with Crippen molar-refractivity contribution in [2.24, 2.45) is 52.3 Å². The first-order valence-corrected chi connectivity index (χ1v) is 12.4. The fraction of sp³-hybridized carbons (Fsp3) is 0.962. The Balaban J connectivity index is 1.48. The van der Waals surface area contributed by atoms with Gasteiger partial charge in [-0.2, -0.15) is 0 Å². The van der Waals surface area contributed by atoms with E-state index in [1.165, 1.54) is 64.9 Å². The average molecular weight is 389 g/mol. The van der Waals surface area contributed by atoms with E-state index in [9.17, 15) is 4.79 Å². The van der Waals surface area contributed by atoms with Crippen LogP contribution in [-0.4, -0.2) is 13.1 Å². The van der Waals surface area contributed by atoms with Crippen LogP contribution in [0, 0.1) is 52.3 Å². The Morgan fingerprint density at radius 1 is 1.00 bits per heavy atom. The summed E-state index contributed by atoms with van der Waals surface area (Å²) in [5.41, 5.74) is 1.15. The highest BCUT2D eigenvalue weighted by molar-refractivity contribution is 5.69. The van der Waals surface area contributed by atoms with Crippen LogP contribution in [0.5, 0.6) is 0 Å². The van der Waals surface area contributed by atoms with E-state index in [1.54, 1.807) is 0 Å². The normalized spacial score (nSPS) is 48.9. The predicted octanol–water partition coefficient (Wildman–Crippen LogP) is 6.87. The summed E-state index contributed by atoms with van der Waals surface area (Å²) in [4.78, 5) is 11.7. The molecule has 4 fully saturated rings. The van der Waals surface area contributed by atoms with Crippen LogP contribution in [0.25, 0.3) is 0 Å². The lowest BCUT2D eigenvalue weighted by Gasteiger charge is -2.61. The minimum atomic E-state index is -0.0342. The first-order valence-electron chi connectivity index (χ1n) is 12.4. The number of rotatable bonds is 4. The van der Waals surface area contributed by atoms with Crippen molar-refractivity contribution < 1.29 is 9.53 Å². The van der Waals surface area contributed by atoms with Crippen LogP contribution in [-0.2, 0) is 9.53 Å². The third-order valence-corrected chi connectivity index (χ3v) is 10.7. The predicted molar refractivity (Wildman–Crippen MR) is 115 cm³/mol. The molecule has 0 aromatic heterocycles. The van der Waals surface area contributed by atoms with Gasteiger partial charge in [-0.25, -0.2) is 0 Å². The Labute approximate surface area is 173 Å². The number of methoxy groups -OCH3 is 1. The van der Waals surface area contributed by atoms with Crippen molar-refractivity contribution in [1.82, 2.24) is 0 Å². The van der Waals surface area contributed by atoms with Gasteiger partial charge in [-0.3, -0.25) is 4.79 Å². The van der Waals surface area contributed by atoms with Crippen LogP contribution < -0.4 is 0 Å². The van der Waals surface area contributed by atoms with Crippen molar-refractivity contribution in [2.45, 2.75) is 98.3 Å².